The summed E-state index contributed by atoms with van der Waals surface area (Å²) in [5.74, 6) is -0.264. The van der Waals surface area contributed by atoms with E-state index in [2.05, 4.69) is 27.4 Å². The van der Waals surface area contributed by atoms with Gasteiger partial charge in [0, 0.05) is 62.4 Å². The van der Waals surface area contributed by atoms with Crippen molar-refractivity contribution in [2.45, 2.75) is 25.8 Å². The number of nitrogen functional groups attached to an aromatic ring is 1. The van der Waals surface area contributed by atoms with Gasteiger partial charge in [0.2, 0.25) is 5.91 Å². The first kappa shape index (κ1) is 30.0. The summed E-state index contributed by atoms with van der Waals surface area (Å²) in [4.78, 5) is 43.6. The maximum atomic E-state index is 13.5. The molecular weight excluding hydrogens is 601 g/mol. The number of rotatable bonds is 7. The van der Waals surface area contributed by atoms with Crippen molar-refractivity contribution in [1.29, 1.82) is 0 Å². The Balaban J connectivity index is 1.19. The number of nitrogens with two attached hydrogens (primary N) is 1. The number of benzene rings is 3. The third-order valence-electron chi connectivity index (χ3n) is 8.96. The molecule has 2 fully saturated rings. The number of pyridine rings is 1. The second-order valence-corrected chi connectivity index (χ2v) is 11.8. The number of fused-ring (bicyclic) bond motifs is 2. The Morgan fingerprint density at radius 3 is 2.55 bits per heavy atom. The fourth-order valence-corrected chi connectivity index (χ4v) is 6.65. The minimum atomic E-state index is -0.631. The zero-order chi connectivity index (χ0) is 32.8. The molecule has 2 aliphatic heterocycles. The van der Waals surface area contributed by atoms with Crippen LogP contribution >= 0.6 is 0 Å². The van der Waals surface area contributed by atoms with E-state index in [9.17, 15) is 18.8 Å². The average molecular weight is 636 g/mol. The predicted molar refractivity (Wildman–Crippen MR) is 179 cm³/mol. The molecule has 11 nitrogen and oxygen atoms in total. The number of hydrogen-bond acceptors (Lipinski definition) is 7. The number of carbonyl (C=O) groups is 2. The van der Waals surface area contributed by atoms with Gasteiger partial charge in [0.25, 0.3) is 11.5 Å². The highest BCUT2D eigenvalue weighted by Gasteiger charge is 2.36. The Kier molecular flexibility index (Phi) is 7.63. The summed E-state index contributed by atoms with van der Waals surface area (Å²) < 4.78 is 22.2. The number of hydrogen-bond donors (Lipinski definition) is 2. The van der Waals surface area contributed by atoms with Crippen LogP contribution in [0.4, 0.5) is 21.6 Å². The first-order chi connectivity index (χ1) is 22.7. The summed E-state index contributed by atoms with van der Waals surface area (Å²) in [5, 5.41) is 8.14. The van der Waals surface area contributed by atoms with Crippen LogP contribution in [0.3, 0.4) is 0 Å². The van der Waals surface area contributed by atoms with Crippen molar-refractivity contribution in [1.82, 2.24) is 19.2 Å². The summed E-state index contributed by atoms with van der Waals surface area (Å²) >= 11 is 0. The molecule has 1 atom stereocenters. The number of ether oxygens (including phenoxy) is 1. The van der Waals surface area contributed by atoms with Crippen LogP contribution in [0.2, 0.25) is 0 Å². The molecule has 2 aliphatic rings. The third kappa shape index (κ3) is 5.45. The zero-order valence-corrected chi connectivity index (χ0v) is 26.1. The summed E-state index contributed by atoms with van der Waals surface area (Å²) in [6, 6.07) is 18.7. The highest BCUT2D eigenvalue weighted by atomic mass is 19.1. The van der Waals surface area contributed by atoms with Crippen molar-refractivity contribution in [3.8, 4) is 22.6 Å². The van der Waals surface area contributed by atoms with E-state index in [1.54, 1.807) is 29.8 Å². The number of nitrogens with zero attached hydrogens (tertiary/aromatic N) is 5. The lowest BCUT2D eigenvalue weighted by atomic mass is 9.99. The van der Waals surface area contributed by atoms with Gasteiger partial charge in [0.05, 0.1) is 17.5 Å². The Labute approximate surface area is 269 Å². The van der Waals surface area contributed by atoms with Crippen LogP contribution in [-0.4, -0.2) is 63.3 Å². The predicted octanol–water partition coefficient (Wildman–Crippen LogP) is 4.57. The summed E-state index contributed by atoms with van der Waals surface area (Å²) in [6.07, 6.45) is 2.97. The van der Waals surface area contributed by atoms with Crippen LogP contribution < -0.4 is 26.2 Å². The van der Waals surface area contributed by atoms with Gasteiger partial charge >= 0.3 is 0 Å². The molecular formula is C35H34FN7O4. The molecule has 0 bridgehead atoms. The number of anilines is 3. The Morgan fingerprint density at radius 1 is 1.04 bits per heavy atom. The van der Waals surface area contributed by atoms with E-state index in [1.807, 2.05) is 24.1 Å². The number of piperazine rings is 1. The smallest absolute Gasteiger partial charge is 0.271 e. The molecule has 2 aromatic heterocycles. The van der Waals surface area contributed by atoms with Crippen molar-refractivity contribution in [2.75, 3.05) is 42.2 Å². The number of amides is 2. The Bertz CT molecular complexity index is 2070. The molecule has 3 N–H and O–H groups in total. The van der Waals surface area contributed by atoms with Gasteiger partial charge in [-0.3, -0.25) is 23.6 Å². The second-order valence-electron chi connectivity index (χ2n) is 11.8. The molecule has 0 radical (unpaired) electrons. The molecule has 3 aromatic carbocycles. The highest BCUT2D eigenvalue weighted by Crippen LogP contribution is 2.38. The first-order valence-electron chi connectivity index (χ1n) is 15.6. The summed E-state index contributed by atoms with van der Waals surface area (Å²) in [5.41, 5.74) is 10.2. The minimum absolute atomic E-state index is 0.152. The second kappa shape index (κ2) is 11.9. The van der Waals surface area contributed by atoms with Crippen molar-refractivity contribution < 1.29 is 18.7 Å². The number of aromatic nitrogens is 3. The maximum Gasteiger partial charge on any atom is 0.271 e. The van der Waals surface area contributed by atoms with Gasteiger partial charge in [0.15, 0.2) is 5.82 Å². The van der Waals surface area contributed by atoms with Crippen LogP contribution in [0.25, 0.3) is 27.7 Å². The summed E-state index contributed by atoms with van der Waals surface area (Å²) in [6.45, 7) is 4.22. The molecule has 240 valence electrons. The molecule has 47 heavy (non-hydrogen) atoms. The topological polar surface area (TPSA) is 128 Å². The Hall–Kier alpha value is -5.65. The average Bonchev–Trinajstić information content (AvgIpc) is 3.59. The lowest BCUT2D eigenvalue weighted by molar-refractivity contribution is -0.129. The van der Waals surface area contributed by atoms with Crippen molar-refractivity contribution >= 4 is 39.9 Å². The number of halogens is 1. The monoisotopic (exact) mass is 635 g/mol. The Morgan fingerprint density at radius 2 is 1.81 bits per heavy atom. The van der Waals surface area contributed by atoms with Crippen LogP contribution in [-0.2, 0) is 11.8 Å². The van der Waals surface area contributed by atoms with Crippen molar-refractivity contribution in [2.24, 2.45) is 7.05 Å². The van der Waals surface area contributed by atoms with Gasteiger partial charge in [-0.05, 0) is 79.1 Å². The van der Waals surface area contributed by atoms with Crippen LogP contribution in [0, 0.1) is 5.82 Å². The molecule has 0 spiro atoms. The zero-order valence-electron chi connectivity index (χ0n) is 26.1. The summed E-state index contributed by atoms with van der Waals surface area (Å²) in [7, 11) is 1.86. The van der Waals surface area contributed by atoms with Crippen LogP contribution in [0.1, 0.15) is 30.1 Å². The van der Waals surface area contributed by atoms with E-state index in [-0.39, 0.29) is 29.9 Å². The van der Waals surface area contributed by atoms with E-state index >= 15 is 0 Å². The third-order valence-corrected chi connectivity index (χ3v) is 8.96. The lowest BCUT2D eigenvalue weighted by Crippen LogP contribution is -2.51. The SMILES string of the molecule is CCOc1ccn(-c2ccc(F)cc2)c(=O)c1C(=O)Nc1ccc(-c2cc(N3CCN4C(=O)CC[C@@H]4C3)cc3c2c(N)nn3C)cc1. The normalized spacial score (nSPS) is 16.1. The van der Waals surface area contributed by atoms with Crippen molar-refractivity contribution in [3.63, 3.8) is 0 Å². The molecule has 2 amide bonds. The highest BCUT2D eigenvalue weighted by molar-refractivity contribution is 6.07. The van der Waals surface area contributed by atoms with Gasteiger partial charge < -0.3 is 25.6 Å². The van der Waals surface area contributed by atoms with Gasteiger partial charge in [0.1, 0.15) is 17.1 Å². The molecule has 12 heteroatoms. The van der Waals surface area contributed by atoms with E-state index in [1.165, 1.54) is 35.0 Å². The van der Waals surface area contributed by atoms with Crippen molar-refractivity contribution in [3.05, 3.63) is 94.7 Å². The quantitative estimate of drug-likeness (QED) is 0.268. The molecule has 0 aliphatic carbocycles. The largest absolute Gasteiger partial charge is 0.493 e. The molecule has 7 rings (SSSR count). The minimum Gasteiger partial charge on any atom is -0.493 e. The molecule has 5 aromatic rings. The van der Waals surface area contributed by atoms with E-state index in [4.69, 9.17) is 10.5 Å². The molecule has 0 unspecified atom stereocenters. The fourth-order valence-electron chi connectivity index (χ4n) is 6.65. The van der Waals surface area contributed by atoms with Gasteiger partial charge in [-0.15, -0.1) is 0 Å². The lowest BCUT2D eigenvalue weighted by Gasteiger charge is -2.39. The van der Waals surface area contributed by atoms with Gasteiger partial charge in [-0.25, -0.2) is 4.39 Å². The van der Waals surface area contributed by atoms with E-state index < -0.39 is 17.3 Å². The van der Waals surface area contributed by atoms with Crippen LogP contribution in [0.5, 0.6) is 5.75 Å². The standard InChI is InChI=1S/C35H34FN7O4/c1-3-47-29-14-15-43(24-10-6-22(36)7-11-24)35(46)32(29)34(45)38-23-8-4-21(5-9-23)27-18-26(19-28-31(27)33(37)39-40(28)2)41-16-17-42-25(20-41)12-13-30(42)44/h4-11,14-15,18-19,25H,3,12-13,16-17,20H2,1-2H3,(H2,37,39)(H,38,45)/t25-/m1/s1. The number of aryl methyl sites for hydroxylation is 1. The van der Waals surface area contributed by atoms with E-state index in [0.717, 1.165) is 47.2 Å². The van der Waals surface area contributed by atoms with E-state index in [0.29, 0.717) is 30.2 Å². The molecule has 4 heterocycles. The number of carbonyl (C=O) groups excluding carboxylic acids is 2. The fraction of sp³-hybridized carbons (Fsp3) is 0.257. The van der Waals surface area contributed by atoms with Crippen LogP contribution in [0.15, 0.2) is 77.7 Å². The molecule has 0 saturated carbocycles. The maximum absolute atomic E-state index is 13.5. The number of nitrogens with one attached hydrogen (secondary N) is 1. The molecule has 2 saturated heterocycles. The first-order valence-corrected chi connectivity index (χ1v) is 15.6. The van der Waals surface area contributed by atoms with Gasteiger partial charge in [-0.1, -0.05) is 12.1 Å². The van der Waals surface area contributed by atoms with Gasteiger partial charge in [-0.2, -0.15) is 5.10 Å².